The number of benzene rings is 1. The van der Waals surface area contributed by atoms with E-state index in [1.807, 2.05) is 18.2 Å². The van der Waals surface area contributed by atoms with E-state index in [9.17, 15) is 5.11 Å². The summed E-state index contributed by atoms with van der Waals surface area (Å²) in [6, 6.07) is 5.88. The molecular formula is C14H22ClNOS. The molecule has 0 aliphatic heterocycles. The summed E-state index contributed by atoms with van der Waals surface area (Å²) >= 11 is 7.94. The van der Waals surface area contributed by atoms with Gasteiger partial charge in [-0.15, -0.1) is 11.8 Å². The smallest absolute Gasteiger partial charge is 0.0776 e. The van der Waals surface area contributed by atoms with Crippen LogP contribution in [0.2, 0.25) is 5.02 Å². The second-order valence-corrected chi connectivity index (χ2v) is 5.81. The van der Waals surface area contributed by atoms with Gasteiger partial charge in [-0.2, -0.15) is 0 Å². The number of nitrogens with zero attached hydrogens (tertiary/aromatic N) is 1. The van der Waals surface area contributed by atoms with Crippen molar-refractivity contribution in [2.24, 2.45) is 0 Å². The summed E-state index contributed by atoms with van der Waals surface area (Å²) in [4.78, 5) is 3.57. The molecule has 0 bridgehead atoms. The van der Waals surface area contributed by atoms with Gasteiger partial charge in [-0.05, 0) is 37.7 Å². The zero-order valence-electron chi connectivity index (χ0n) is 11.3. The molecule has 0 spiro atoms. The molecule has 0 amide bonds. The summed E-state index contributed by atoms with van der Waals surface area (Å²) in [5, 5.41) is 10.2. The monoisotopic (exact) mass is 287 g/mol. The van der Waals surface area contributed by atoms with E-state index in [2.05, 4.69) is 18.7 Å². The van der Waals surface area contributed by atoms with Crippen molar-refractivity contribution in [1.82, 2.24) is 4.90 Å². The van der Waals surface area contributed by atoms with Crippen LogP contribution in [0.3, 0.4) is 0 Å². The summed E-state index contributed by atoms with van der Waals surface area (Å²) in [7, 11) is 0. The van der Waals surface area contributed by atoms with Crippen LogP contribution >= 0.6 is 23.4 Å². The molecule has 0 aliphatic rings. The molecule has 1 aromatic carbocycles. The maximum absolute atomic E-state index is 9.51. The average Bonchev–Trinajstić information content (AvgIpc) is 2.34. The standard InChI is InChI=1S/C14H22ClNOS/c1-4-16(5-2)8-9-18-12-6-7-13(11(3)17)14(15)10-12/h6-7,10-11,17H,4-5,8-9H2,1-3H3. The molecule has 1 N–H and O–H groups in total. The van der Waals surface area contributed by atoms with Gasteiger partial charge in [-0.25, -0.2) is 0 Å². The molecule has 1 rings (SSSR count). The number of aliphatic hydroxyl groups excluding tert-OH is 1. The molecule has 102 valence electrons. The van der Waals surface area contributed by atoms with Crippen molar-refractivity contribution < 1.29 is 5.11 Å². The highest BCUT2D eigenvalue weighted by atomic mass is 35.5. The van der Waals surface area contributed by atoms with Gasteiger partial charge in [0, 0.05) is 22.2 Å². The molecule has 18 heavy (non-hydrogen) atoms. The lowest BCUT2D eigenvalue weighted by Crippen LogP contribution is -2.25. The molecule has 1 atom stereocenters. The first-order valence-electron chi connectivity index (χ1n) is 6.41. The van der Waals surface area contributed by atoms with E-state index in [4.69, 9.17) is 11.6 Å². The third kappa shape index (κ3) is 4.81. The highest BCUT2D eigenvalue weighted by Crippen LogP contribution is 2.28. The van der Waals surface area contributed by atoms with Crippen molar-refractivity contribution in [2.45, 2.75) is 31.8 Å². The second kappa shape index (κ2) is 8.05. The van der Waals surface area contributed by atoms with Crippen LogP contribution in [0.4, 0.5) is 0 Å². The molecule has 0 saturated heterocycles. The summed E-state index contributed by atoms with van der Waals surface area (Å²) < 4.78 is 0. The van der Waals surface area contributed by atoms with Crippen LogP contribution in [0.25, 0.3) is 0 Å². The van der Waals surface area contributed by atoms with Crippen LogP contribution in [0.1, 0.15) is 32.4 Å². The Labute approximate surface area is 119 Å². The number of hydrogen-bond donors (Lipinski definition) is 1. The van der Waals surface area contributed by atoms with E-state index < -0.39 is 6.10 Å². The first kappa shape index (κ1) is 15.8. The molecule has 1 unspecified atom stereocenters. The number of rotatable bonds is 7. The lowest BCUT2D eigenvalue weighted by molar-refractivity contribution is 0.199. The molecule has 0 radical (unpaired) electrons. The van der Waals surface area contributed by atoms with E-state index in [1.165, 1.54) is 0 Å². The van der Waals surface area contributed by atoms with Gasteiger partial charge in [0.2, 0.25) is 0 Å². The van der Waals surface area contributed by atoms with E-state index in [0.717, 1.165) is 35.8 Å². The minimum atomic E-state index is -0.507. The molecule has 0 saturated carbocycles. The maximum Gasteiger partial charge on any atom is 0.0776 e. The summed E-state index contributed by atoms with van der Waals surface area (Å²) in [5.74, 6) is 1.06. The highest BCUT2D eigenvalue weighted by molar-refractivity contribution is 7.99. The van der Waals surface area contributed by atoms with Gasteiger partial charge >= 0.3 is 0 Å². The SMILES string of the molecule is CCN(CC)CCSc1ccc(C(C)O)c(Cl)c1. The Morgan fingerprint density at radius 1 is 1.33 bits per heavy atom. The summed E-state index contributed by atoms with van der Waals surface area (Å²) in [5.41, 5.74) is 0.796. The van der Waals surface area contributed by atoms with Gasteiger partial charge in [-0.3, -0.25) is 0 Å². The summed E-state index contributed by atoms with van der Waals surface area (Å²) in [6.45, 7) is 9.38. The van der Waals surface area contributed by atoms with Gasteiger partial charge in [-0.1, -0.05) is 31.5 Å². The zero-order valence-corrected chi connectivity index (χ0v) is 12.9. The van der Waals surface area contributed by atoms with Gasteiger partial charge in [0.15, 0.2) is 0 Å². The molecule has 0 aliphatic carbocycles. The second-order valence-electron chi connectivity index (χ2n) is 4.23. The Bertz CT molecular complexity index is 367. The van der Waals surface area contributed by atoms with Crippen LogP contribution in [-0.2, 0) is 0 Å². The Morgan fingerprint density at radius 3 is 2.50 bits per heavy atom. The normalized spacial score (nSPS) is 13.0. The van der Waals surface area contributed by atoms with Crippen molar-refractivity contribution in [3.05, 3.63) is 28.8 Å². The Balaban J connectivity index is 2.51. The molecule has 0 heterocycles. The number of halogens is 1. The molecular weight excluding hydrogens is 266 g/mol. The molecule has 0 fully saturated rings. The Kier molecular flexibility index (Phi) is 7.08. The molecule has 2 nitrogen and oxygen atoms in total. The van der Waals surface area contributed by atoms with Crippen LogP contribution in [0.5, 0.6) is 0 Å². The quantitative estimate of drug-likeness (QED) is 0.771. The molecule has 1 aromatic rings. The van der Waals surface area contributed by atoms with Crippen molar-refractivity contribution in [3.63, 3.8) is 0 Å². The van der Waals surface area contributed by atoms with E-state index >= 15 is 0 Å². The predicted molar refractivity (Wildman–Crippen MR) is 80.6 cm³/mol. The van der Waals surface area contributed by atoms with Crippen molar-refractivity contribution in [1.29, 1.82) is 0 Å². The number of hydrogen-bond acceptors (Lipinski definition) is 3. The fourth-order valence-electron chi connectivity index (χ4n) is 1.77. The summed E-state index contributed by atoms with van der Waals surface area (Å²) in [6.07, 6.45) is -0.507. The Hall–Kier alpha value is -0.220. The van der Waals surface area contributed by atoms with Crippen LogP contribution < -0.4 is 0 Å². The zero-order chi connectivity index (χ0) is 13.5. The maximum atomic E-state index is 9.51. The predicted octanol–water partition coefficient (Wildman–Crippen LogP) is 3.83. The number of aliphatic hydroxyl groups is 1. The topological polar surface area (TPSA) is 23.5 Å². The van der Waals surface area contributed by atoms with Crippen LogP contribution in [0, 0.1) is 0 Å². The highest BCUT2D eigenvalue weighted by Gasteiger charge is 2.07. The van der Waals surface area contributed by atoms with E-state index in [1.54, 1.807) is 18.7 Å². The van der Waals surface area contributed by atoms with Crippen LogP contribution in [0.15, 0.2) is 23.1 Å². The first-order valence-corrected chi connectivity index (χ1v) is 7.77. The molecule has 0 aromatic heterocycles. The fourth-order valence-corrected chi connectivity index (χ4v) is 3.12. The average molecular weight is 288 g/mol. The van der Waals surface area contributed by atoms with E-state index in [0.29, 0.717) is 5.02 Å². The van der Waals surface area contributed by atoms with Gasteiger partial charge < -0.3 is 10.0 Å². The van der Waals surface area contributed by atoms with Crippen LogP contribution in [-0.4, -0.2) is 35.4 Å². The van der Waals surface area contributed by atoms with Gasteiger partial charge in [0.1, 0.15) is 0 Å². The third-order valence-corrected chi connectivity index (χ3v) is 4.29. The minimum Gasteiger partial charge on any atom is -0.389 e. The Morgan fingerprint density at radius 2 is 2.00 bits per heavy atom. The van der Waals surface area contributed by atoms with E-state index in [-0.39, 0.29) is 0 Å². The minimum absolute atomic E-state index is 0.507. The van der Waals surface area contributed by atoms with Gasteiger partial charge in [0.05, 0.1) is 6.10 Å². The van der Waals surface area contributed by atoms with Gasteiger partial charge in [0.25, 0.3) is 0 Å². The van der Waals surface area contributed by atoms with Crippen molar-refractivity contribution in [3.8, 4) is 0 Å². The lowest BCUT2D eigenvalue weighted by atomic mass is 10.1. The number of thioether (sulfide) groups is 1. The third-order valence-electron chi connectivity index (χ3n) is 2.99. The molecule has 4 heteroatoms. The largest absolute Gasteiger partial charge is 0.389 e. The lowest BCUT2D eigenvalue weighted by Gasteiger charge is -2.17. The fraction of sp³-hybridized carbons (Fsp3) is 0.571. The van der Waals surface area contributed by atoms with Crippen molar-refractivity contribution >= 4 is 23.4 Å². The van der Waals surface area contributed by atoms with Crippen molar-refractivity contribution in [2.75, 3.05) is 25.4 Å². The first-order chi connectivity index (χ1) is 8.58.